The van der Waals surface area contributed by atoms with Crippen LogP contribution in [-0.2, 0) is 0 Å². The number of para-hydroxylation sites is 1. The highest BCUT2D eigenvalue weighted by Crippen LogP contribution is 2.20. The highest BCUT2D eigenvalue weighted by atomic mass is 127. The monoisotopic (exact) mass is 484 g/mol. The van der Waals surface area contributed by atoms with Gasteiger partial charge in [-0.25, -0.2) is 0 Å². The summed E-state index contributed by atoms with van der Waals surface area (Å²) in [6.45, 7) is 5.34. The maximum atomic E-state index is 4.40. The van der Waals surface area contributed by atoms with E-state index in [9.17, 15) is 0 Å². The van der Waals surface area contributed by atoms with Gasteiger partial charge in [-0.1, -0.05) is 31.2 Å². The number of rotatable bonds is 5. The normalized spacial score (nSPS) is 16.7. The predicted molar refractivity (Wildman–Crippen MR) is 124 cm³/mol. The fourth-order valence-corrected chi connectivity index (χ4v) is 4.02. The Morgan fingerprint density at radius 3 is 2.54 bits per heavy atom. The lowest BCUT2D eigenvalue weighted by Crippen LogP contribution is -2.49. The molecule has 142 valence electrons. The number of nitrogens with one attached hydrogen (secondary N) is 2. The fraction of sp³-hybridized carbons (Fsp3) is 0.450. The van der Waals surface area contributed by atoms with E-state index in [0.29, 0.717) is 12.0 Å². The smallest absolute Gasteiger partial charge is 0.191 e. The number of piperidine rings is 1. The third-order valence-corrected chi connectivity index (χ3v) is 5.89. The molecule has 0 saturated carbocycles. The van der Waals surface area contributed by atoms with Gasteiger partial charge in [0.05, 0.1) is 0 Å². The van der Waals surface area contributed by atoms with Gasteiger partial charge in [0.2, 0.25) is 0 Å². The summed E-state index contributed by atoms with van der Waals surface area (Å²) < 4.78 is 0. The Labute approximate surface area is 178 Å². The van der Waals surface area contributed by atoms with Crippen LogP contribution in [0.1, 0.15) is 30.6 Å². The lowest BCUT2D eigenvalue weighted by atomic mass is 10.0. The molecule has 1 saturated heterocycles. The predicted octanol–water partition coefficient (Wildman–Crippen LogP) is 4.30. The minimum Gasteiger partial charge on any atom is -0.371 e. The molecule has 0 aliphatic carbocycles. The Hall–Kier alpha value is -1.28. The number of thiophene rings is 1. The minimum atomic E-state index is 0. The number of halogens is 1. The van der Waals surface area contributed by atoms with E-state index in [1.807, 2.05) is 18.4 Å². The van der Waals surface area contributed by atoms with Crippen molar-refractivity contribution < 1.29 is 0 Å². The van der Waals surface area contributed by atoms with Crippen LogP contribution in [0.15, 0.2) is 52.8 Å². The lowest BCUT2D eigenvalue weighted by Gasteiger charge is -2.34. The number of aliphatic imine (C=N–C) groups is 1. The van der Waals surface area contributed by atoms with E-state index in [-0.39, 0.29) is 24.0 Å². The van der Waals surface area contributed by atoms with Crippen molar-refractivity contribution in [3.05, 3.63) is 52.7 Å². The summed E-state index contributed by atoms with van der Waals surface area (Å²) in [7, 11) is 1.85. The van der Waals surface area contributed by atoms with Crippen LogP contribution in [0.3, 0.4) is 0 Å². The van der Waals surface area contributed by atoms with Crippen molar-refractivity contribution >= 4 is 47.0 Å². The molecule has 1 aromatic carbocycles. The molecule has 1 atom stereocenters. The molecule has 3 rings (SSSR count). The van der Waals surface area contributed by atoms with Crippen molar-refractivity contribution in [1.82, 2.24) is 10.6 Å². The van der Waals surface area contributed by atoms with Crippen LogP contribution in [0.5, 0.6) is 0 Å². The summed E-state index contributed by atoms with van der Waals surface area (Å²) in [5.74, 6) is 1.42. The summed E-state index contributed by atoms with van der Waals surface area (Å²) in [4.78, 5) is 8.28. The maximum Gasteiger partial charge on any atom is 0.191 e. The third-order valence-electron chi connectivity index (χ3n) is 4.79. The highest BCUT2D eigenvalue weighted by molar-refractivity contribution is 14.0. The van der Waals surface area contributed by atoms with Gasteiger partial charge in [-0.3, -0.25) is 4.99 Å². The van der Waals surface area contributed by atoms with Gasteiger partial charge >= 0.3 is 0 Å². The van der Waals surface area contributed by atoms with Gasteiger partial charge in [-0.2, -0.15) is 0 Å². The highest BCUT2D eigenvalue weighted by Gasteiger charge is 2.20. The molecule has 2 heterocycles. The number of guanidine groups is 1. The molecule has 1 aliphatic rings. The molecule has 1 aliphatic heterocycles. The first-order valence-corrected chi connectivity index (χ1v) is 9.95. The topological polar surface area (TPSA) is 39.7 Å². The summed E-state index contributed by atoms with van der Waals surface area (Å²) in [6, 6.07) is 15.5. The van der Waals surface area contributed by atoms with Crippen LogP contribution in [0, 0.1) is 0 Å². The zero-order valence-corrected chi connectivity index (χ0v) is 18.7. The van der Waals surface area contributed by atoms with Crippen LogP contribution >= 0.6 is 35.3 Å². The second-order valence-electron chi connectivity index (χ2n) is 6.61. The molecule has 0 amide bonds. The molecule has 26 heavy (non-hydrogen) atoms. The van der Waals surface area contributed by atoms with Crippen LogP contribution in [0.25, 0.3) is 0 Å². The number of nitrogens with zero attached hydrogens (tertiary/aromatic N) is 2. The van der Waals surface area contributed by atoms with Gasteiger partial charge < -0.3 is 15.5 Å². The Morgan fingerprint density at radius 2 is 1.92 bits per heavy atom. The minimum absolute atomic E-state index is 0. The van der Waals surface area contributed by atoms with E-state index in [1.54, 1.807) is 0 Å². The summed E-state index contributed by atoms with van der Waals surface area (Å²) >= 11 is 1.82. The second-order valence-corrected chi connectivity index (χ2v) is 7.59. The second kappa shape index (κ2) is 10.8. The van der Waals surface area contributed by atoms with E-state index in [4.69, 9.17) is 0 Å². The molecule has 4 nitrogen and oxygen atoms in total. The van der Waals surface area contributed by atoms with Crippen LogP contribution in [-0.4, -0.2) is 38.7 Å². The maximum absolute atomic E-state index is 4.40. The Bertz CT molecular complexity index is 652. The Kier molecular flexibility index (Phi) is 8.71. The molecule has 2 aromatic rings. The summed E-state index contributed by atoms with van der Waals surface area (Å²) in [5, 5.41) is 9.21. The first-order chi connectivity index (χ1) is 12.3. The first kappa shape index (κ1) is 21.0. The number of hydrogen-bond donors (Lipinski definition) is 2. The van der Waals surface area contributed by atoms with E-state index >= 15 is 0 Å². The van der Waals surface area contributed by atoms with E-state index in [2.05, 4.69) is 75.3 Å². The largest absolute Gasteiger partial charge is 0.371 e. The Balaban J connectivity index is 0.00000243. The van der Waals surface area contributed by atoms with E-state index in [1.165, 1.54) is 10.6 Å². The molecule has 2 N–H and O–H groups in total. The van der Waals surface area contributed by atoms with Crippen LogP contribution < -0.4 is 15.5 Å². The summed E-state index contributed by atoms with van der Waals surface area (Å²) in [5.41, 5.74) is 1.33. The number of anilines is 1. The van der Waals surface area contributed by atoms with E-state index < -0.39 is 0 Å². The van der Waals surface area contributed by atoms with Gasteiger partial charge in [0.15, 0.2) is 5.96 Å². The molecular formula is C20H29IN4S. The SMILES string of the molecule is CN=C(NCC(C)c1cccs1)NC1CCN(c2ccccc2)CC1.I. The summed E-state index contributed by atoms with van der Waals surface area (Å²) in [6.07, 6.45) is 2.27. The lowest BCUT2D eigenvalue weighted by molar-refractivity contribution is 0.461. The molecule has 6 heteroatoms. The average molecular weight is 484 g/mol. The van der Waals surface area contributed by atoms with Crippen molar-refractivity contribution in [2.24, 2.45) is 4.99 Å². The first-order valence-electron chi connectivity index (χ1n) is 9.07. The van der Waals surface area contributed by atoms with Gasteiger partial charge in [0, 0.05) is 49.2 Å². The number of benzene rings is 1. The van der Waals surface area contributed by atoms with Crippen molar-refractivity contribution in [2.75, 3.05) is 31.6 Å². The number of hydrogen-bond acceptors (Lipinski definition) is 3. The zero-order chi connectivity index (χ0) is 17.5. The molecule has 0 spiro atoms. The molecule has 1 aromatic heterocycles. The van der Waals surface area contributed by atoms with Crippen molar-refractivity contribution in [3.8, 4) is 0 Å². The molecule has 1 fully saturated rings. The Morgan fingerprint density at radius 1 is 1.19 bits per heavy atom. The van der Waals surface area contributed by atoms with Crippen molar-refractivity contribution in [1.29, 1.82) is 0 Å². The zero-order valence-electron chi connectivity index (χ0n) is 15.5. The quantitative estimate of drug-likeness (QED) is 0.378. The standard InChI is InChI=1S/C20H28N4S.HI/c1-16(19-9-6-14-25-19)15-22-20(21-2)23-17-10-12-24(13-11-17)18-7-4-3-5-8-18;/h3-9,14,16-17H,10-13,15H2,1-2H3,(H2,21,22,23);1H. The molecule has 0 bridgehead atoms. The molecular weight excluding hydrogens is 455 g/mol. The van der Waals surface area contributed by atoms with Crippen molar-refractivity contribution in [3.63, 3.8) is 0 Å². The van der Waals surface area contributed by atoms with Crippen LogP contribution in [0.4, 0.5) is 5.69 Å². The molecule has 0 radical (unpaired) electrons. The van der Waals surface area contributed by atoms with Crippen molar-refractivity contribution in [2.45, 2.75) is 31.7 Å². The molecule has 1 unspecified atom stereocenters. The third kappa shape index (κ3) is 5.87. The van der Waals surface area contributed by atoms with Crippen LogP contribution in [0.2, 0.25) is 0 Å². The van der Waals surface area contributed by atoms with E-state index in [0.717, 1.165) is 38.4 Å². The van der Waals surface area contributed by atoms with Gasteiger partial charge in [0.25, 0.3) is 0 Å². The van der Waals surface area contributed by atoms with Gasteiger partial charge in [0.1, 0.15) is 0 Å². The average Bonchev–Trinajstić information content (AvgIpc) is 3.21. The van der Waals surface area contributed by atoms with Gasteiger partial charge in [-0.15, -0.1) is 35.3 Å². The van der Waals surface area contributed by atoms with Gasteiger partial charge in [-0.05, 0) is 36.4 Å². The fourth-order valence-electron chi connectivity index (χ4n) is 3.23.